The van der Waals surface area contributed by atoms with Gasteiger partial charge in [-0.3, -0.25) is 4.79 Å². The van der Waals surface area contributed by atoms with Crippen LogP contribution in [0.25, 0.3) is 0 Å². The predicted octanol–water partition coefficient (Wildman–Crippen LogP) is 1.85. The molecular weight excluding hydrogens is 242 g/mol. The largest absolute Gasteiger partial charge is 0.478 e. The lowest BCUT2D eigenvalue weighted by Crippen LogP contribution is -2.35. The first-order valence-corrected chi connectivity index (χ1v) is 6.59. The quantitative estimate of drug-likeness (QED) is 0.813. The van der Waals surface area contributed by atoms with Gasteiger partial charge >= 0.3 is 5.97 Å². The van der Waals surface area contributed by atoms with Crippen molar-refractivity contribution in [2.75, 3.05) is 12.0 Å². The van der Waals surface area contributed by atoms with Crippen LogP contribution in [0.3, 0.4) is 0 Å². The average molecular weight is 257 g/mol. The summed E-state index contributed by atoms with van der Waals surface area (Å²) in [6, 6.07) is 1.29. The van der Waals surface area contributed by atoms with E-state index in [1.807, 2.05) is 13.2 Å². The van der Waals surface area contributed by atoms with Crippen LogP contribution in [0.4, 0.5) is 0 Å². The van der Waals surface area contributed by atoms with Crippen molar-refractivity contribution in [2.45, 2.75) is 19.4 Å². The van der Waals surface area contributed by atoms with Gasteiger partial charge in [-0.15, -0.1) is 0 Å². The molecule has 0 aliphatic heterocycles. The SMILES string of the molecule is CCC(CSC)NC(=O)c1cc(C(=O)O)co1. The number of carboxylic acids is 1. The van der Waals surface area contributed by atoms with Crippen LogP contribution in [-0.2, 0) is 0 Å². The maximum Gasteiger partial charge on any atom is 0.338 e. The Morgan fingerprint density at radius 2 is 2.29 bits per heavy atom. The van der Waals surface area contributed by atoms with Gasteiger partial charge in [0.05, 0.1) is 5.56 Å². The first-order chi connectivity index (χ1) is 8.08. The zero-order valence-electron chi connectivity index (χ0n) is 9.73. The second-order valence-corrected chi connectivity index (χ2v) is 4.45. The van der Waals surface area contributed by atoms with E-state index in [-0.39, 0.29) is 23.3 Å². The van der Waals surface area contributed by atoms with E-state index in [1.165, 1.54) is 6.07 Å². The summed E-state index contributed by atoms with van der Waals surface area (Å²) in [6.07, 6.45) is 3.84. The molecule has 2 N–H and O–H groups in total. The van der Waals surface area contributed by atoms with Gasteiger partial charge in [-0.05, 0) is 12.7 Å². The van der Waals surface area contributed by atoms with Crippen molar-refractivity contribution in [3.05, 3.63) is 23.7 Å². The number of hydrogen-bond acceptors (Lipinski definition) is 4. The summed E-state index contributed by atoms with van der Waals surface area (Å²) in [6.45, 7) is 1.98. The molecule has 0 saturated carbocycles. The minimum absolute atomic E-state index is 0.0203. The molecule has 1 atom stereocenters. The van der Waals surface area contributed by atoms with Crippen molar-refractivity contribution < 1.29 is 19.1 Å². The van der Waals surface area contributed by atoms with Crippen LogP contribution in [0.5, 0.6) is 0 Å². The number of carbonyl (C=O) groups excluding carboxylic acids is 1. The fraction of sp³-hybridized carbons (Fsp3) is 0.455. The third-order valence-electron chi connectivity index (χ3n) is 2.27. The van der Waals surface area contributed by atoms with E-state index < -0.39 is 5.97 Å². The van der Waals surface area contributed by atoms with Gasteiger partial charge in [0.1, 0.15) is 6.26 Å². The van der Waals surface area contributed by atoms with Crippen molar-refractivity contribution in [3.63, 3.8) is 0 Å². The minimum Gasteiger partial charge on any atom is -0.478 e. The van der Waals surface area contributed by atoms with Crippen molar-refractivity contribution in [3.8, 4) is 0 Å². The molecule has 0 fully saturated rings. The zero-order chi connectivity index (χ0) is 12.8. The van der Waals surface area contributed by atoms with Gasteiger partial charge in [-0.25, -0.2) is 4.79 Å². The second-order valence-electron chi connectivity index (χ2n) is 3.54. The van der Waals surface area contributed by atoms with Gasteiger partial charge < -0.3 is 14.8 Å². The molecule has 0 saturated heterocycles. The highest BCUT2D eigenvalue weighted by Crippen LogP contribution is 2.09. The Hall–Kier alpha value is -1.43. The molecular formula is C11H15NO4S. The first kappa shape index (κ1) is 13.6. The van der Waals surface area contributed by atoms with Crippen LogP contribution in [0.2, 0.25) is 0 Å². The van der Waals surface area contributed by atoms with E-state index in [4.69, 9.17) is 9.52 Å². The molecule has 0 bridgehead atoms. The average Bonchev–Trinajstić information content (AvgIpc) is 2.77. The Morgan fingerprint density at radius 1 is 1.59 bits per heavy atom. The summed E-state index contributed by atoms with van der Waals surface area (Å²) in [5.74, 6) is -0.640. The summed E-state index contributed by atoms with van der Waals surface area (Å²) in [7, 11) is 0. The van der Waals surface area contributed by atoms with E-state index in [1.54, 1.807) is 11.8 Å². The second kappa shape index (κ2) is 6.34. The lowest BCUT2D eigenvalue weighted by molar-refractivity contribution is 0.0695. The van der Waals surface area contributed by atoms with Crippen LogP contribution in [0.1, 0.15) is 34.3 Å². The monoisotopic (exact) mass is 257 g/mol. The third-order valence-corrected chi connectivity index (χ3v) is 3.00. The summed E-state index contributed by atoms with van der Waals surface area (Å²) in [4.78, 5) is 22.3. The maximum absolute atomic E-state index is 11.7. The molecule has 5 nitrogen and oxygen atoms in total. The molecule has 0 aromatic carbocycles. The van der Waals surface area contributed by atoms with Gasteiger partial charge in [0.15, 0.2) is 5.76 Å². The highest BCUT2D eigenvalue weighted by molar-refractivity contribution is 7.98. The number of thioether (sulfide) groups is 1. The lowest BCUT2D eigenvalue weighted by Gasteiger charge is -2.14. The van der Waals surface area contributed by atoms with Gasteiger partial charge in [0, 0.05) is 17.9 Å². The lowest BCUT2D eigenvalue weighted by atomic mass is 10.2. The summed E-state index contributed by atoms with van der Waals surface area (Å²) in [5, 5.41) is 11.5. The molecule has 1 amide bonds. The van der Waals surface area contributed by atoms with E-state index in [9.17, 15) is 9.59 Å². The number of aromatic carboxylic acids is 1. The minimum atomic E-state index is -1.11. The molecule has 94 valence electrons. The van der Waals surface area contributed by atoms with E-state index >= 15 is 0 Å². The number of nitrogens with one attached hydrogen (secondary N) is 1. The Labute approximate surface area is 104 Å². The van der Waals surface area contributed by atoms with Gasteiger partial charge in [0.2, 0.25) is 0 Å². The van der Waals surface area contributed by atoms with Crippen molar-refractivity contribution >= 4 is 23.6 Å². The molecule has 17 heavy (non-hydrogen) atoms. The van der Waals surface area contributed by atoms with Crippen LogP contribution in [0.15, 0.2) is 16.7 Å². The number of rotatable bonds is 6. The molecule has 1 heterocycles. The van der Waals surface area contributed by atoms with Gasteiger partial charge in [-0.2, -0.15) is 11.8 Å². The molecule has 1 unspecified atom stereocenters. The standard InChI is InChI=1S/C11H15NO4S/c1-3-8(6-17-2)12-10(13)9-4-7(5-16-9)11(14)15/h4-5,8H,3,6H2,1-2H3,(H,12,13)(H,14,15). The van der Waals surface area contributed by atoms with Crippen molar-refractivity contribution in [1.82, 2.24) is 5.32 Å². The Bertz CT molecular complexity index is 402. The van der Waals surface area contributed by atoms with E-state index in [0.717, 1.165) is 18.4 Å². The van der Waals surface area contributed by atoms with Gasteiger partial charge in [0.25, 0.3) is 5.91 Å². The highest BCUT2D eigenvalue weighted by atomic mass is 32.2. The molecule has 0 radical (unpaired) electrons. The number of amides is 1. The molecule has 1 aromatic heterocycles. The molecule has 6 heteroatoms. The van der Waals surface area contributed by atoms with Crippen molar-refractivity contribution in [1.29, 1.82) is 0 Å². The summed E-state index contributed by atoms with van der Waals surface area (Å²) in [5.41, 5.74) is -0.0203. The number of furan rings is 1. The van der Waals surface area contributed by atoms with Crippen LogP contribution in [-0.4, -0.2) is 35.0 Å². The molecule has 0 aliphatic rings. The van der Waals surface area contributed by atoms with Crippen molar-refractivity contribution in [2.24, 2.45) is 0 Å². The van der Waals surface area contributed by atoms with E-state index in [0.29, 0.717) is 0 Å². The molecule has 0 spiro atoms. The normalized spacial score (nSPS) is 12.1. The molecule has 1 rings (SSSR count). The fourth-order valence-electron chi connectivity index (χ4n) is 1.29. The van der Waals surface area contributed by atoms with E-state index in [2.05, 4.69) is 5.32 Å². The third kappa shape index (κ3) is 3.81. The van der Waals surface area contributed by atoms with Crippen LogP contribution in [0, 0.1) is 0 Å². The van der Waals surface area contributed by atoms with Crippen LogP contribution < -0.4 is 5.32 Å². The highest BCUT2D eigenvalue weighted by Gasteiger charge is 2.17. The summed E-state index contributed by atoms with van der Waals surface area (Å²) >= 11 is 1.64. The molecule has 1 aromatic rings. The smallest absolute Gasteiger partial charge is 0.338 e. The maximum atomic E-state index is 11.7. The van der Waals surface area contributed by atoms with Crippen LogP contribution >= 0.6 is 11.8 Å². The van der Waals surface area contributed by atoms with Gasteiger partial charge in [-0.1, -0.05) is 6.92 Å². The summed E-state index contributed by atoms with van der Waals surface area (Å²) < 4.78 is 4.91. The Morgan fingerprint density at radius 3 is 2.76 bits per heavy atom. The predicted molar refractivity (Wildman–Crippen MR) is 65.6 cm³/mol. The number of carbonyl (C=O) groups is 2. The zero-order valence-corrected chi connectivity index (χ0v) is 10.5. The fourth-order valence-corrected chi connectivity index (χ4v) is 2.01. The Balaban J connectivity index is 2.65. The first-order valence-electron chi connectivity index (χ1n) is 5.20. The molecule has 0 aliphatic carbocycles. The topological polar surface area (TPSA) is 79.5 Å². The number of carboxylic acid groups (broad SMARTS) is 1. The Kier molecular flexibility index (Phi) is 5.09. The number of hydrogen-bond donors (Lipinski definition) is 2.